The quantitative estimate of drug-likeness (QED) is 0.361. The molecule has 0 N–H and O–H groups in total. The summed E-state index contributed by atoms with van der Waals surface area (Å²) in [6, 6.07) is -0.684. The first-order valence-corrected chi connectivity index (χ1v) is 6.20. The molecule has 0 aromatic heterocycles. The molecule has 24 heavy (non-hydrogen) atoms. The van der Waals surface area contributed by atoms with Crippen LogP contribution >= 0.6 is 0 Å². The molecule has 0 aromatic carbocycles. The molecule has 0 heterocycles. The summed E-state index contributed by atoms with van der Waals surface area (Å²) in [5.74, 6) is -4.12. The zero-order chi connectivity index (χ0) is 18.4. The Morgan fingerprint density at radius 3 is 1.67 bits per heavy atom. The average Bonchev–Trinajstić information content (AvgIpc) is 2.33. The van der Waals surface area contributed by atoms with Crippen LogP contribution in [-0.2, 0) is 26.7 Å². The van der Waals surface area contributed by atoms with E-state index in [1.165, 1.54) is 20.8 Å². The number of hydrogen-bond donors (Lipinski definition) is 0. The molecule has 11 heteroatoms. The summed E-state index contributed by atoms with van der Waals surface area (Å²) in [6.45, 7) is 3.64. The van der Waals surface area contributed by atoms with Gasteiger partial charge in [-0.25, -0.2) is 0 Å². The van der Waals surface area contributed by atoms with Crippen molar-refractivity contribution in [1.29, 1.82) is 0 Å². The number of carbonyl (C=O) groups is 2. The second-order valence-corrected chi connectivity index (χ2v) is 4.61. The van der Waals surface area contributed by atoms with Crippen LogP contribution in [0.3, 0.4) is 0 Å². The fourth-order valence-corrected chi connectivity index (χ4v) is 1.29. The van der Waals surface area contributed by atoms with Gasteiger partial charge in [0, 0.05) is 0 Å². The fraction of sp³-hybridized carbons (Fsp3) is 0.538. The Hall–Kier alpha value is -1.48. The van der Waals surface area contributed by atoms with Gasteiger partial charge in [0.05, 0.1) is 0 Å². The van der Waals surface area contributed by atoms with E-state index in [9.17, 15) is 35.9 Å². The van der Waals surface area contributed by atoms with Crippen molar-refractivity contribution in [2.24, 2.45) is 0 Å². The Kier molecular flexibility index (Phi) is 10.0. The number of alkyl halides is 6. The molecule has 0 amide bonds. The van der Waals surface area contributed by atoms with E-state index >= 15 is 0 Å². The summed E-state index contributed by atoms with van der Waals surface area (Å²) < 4.78 is 72.1. The van der Waals surface area contributed by atoms with Crippen molar-refractivity contribution >= 4 is 11.6 Å². The van der Waals surface area contributed by atoms with Crippen molar-refractivity contribution in [2.45, 2.75) is 39.2 Å². The van der Waals surface area contributed by atoms with E-state index in [-0.39, 0.29) is 35.0 Å². The fourth-order valence-electron chi connectivity index (χ4n) is 1.29. The summed E-state index contributed by atoms with van der Waals surface area (Å²) in [7, 11) is 0. The van der Waals surface area contributed by atoms with Gasteiger partial charge < -0.3 is 10.6 Å². The van der Waals surface area contributed by atoms with Crippen molar-refractivity contribution in [1.82, 2.24) is 0 Å². The summed E-state index contributed by atoms with van der Waals surface area (Å²) >= 11 is 0. The van der Waals surface area contributed by atoms with Crippen LogP contribution in [0.2, 0.25) is 0 Å². The number of hydrogen-bond acceptors (Lipinski definition) is 2. The van der Waals surface area contributed by atoms with Crippen LogP contribution in [0, 0.1) is 0 Å². The number of halogens is 6. The number of rotatable bonds is 7. The summed E-state index contributed by atoms with van der Waals surface area (Å²) in [6.07, 6.45) is -9.37. The largest absolute Gasteiger partial charge is 2.00 e. The first kappa shape index (κ1) is 24.8. The second kappa shape index (κ2) is 9.73. The minimum absolute atomic E-state index is 0. The molecular formula is C13H14CuF6N2O2. The maximum absolute atomic E-state index is 12.0. The first-order valence-electron chi connectivity index (χ1n) is 6.20. The standard InChI is InChI=1S/C13H16F6N2O2.Cu/c1-7(4-10(22)12(14,15)16)20-6-9(3)21-8(2)5-11(23)13(17,18)19;/h4-5,9H,6H2,1-3H3,(H2,20,21,22,23);/q;+2/p-2. The van der Waals surface area contributed by atoms with Gasteiger partial charge >= 0.3 is 29.4 Å². The Morgan fingerprint density at radius 1 is 0.917 bits per heavy atom. The van der Waals surface area contributed by atoms with E-state index in [1.54, 1.807) is 0 Å². The van der Waals surface area contributed by atoms with Crippen LogP contribution < -0.4 is 0 Å². The van der Waals surface area contributed by atoms with Gasteiger partial charge in [-0.05, 0) is 12.2 Å². The van der Waals surface area contributed by atoms with Gasteiger partial charge in [-0.15, -0.1) is 12.6 Å². The zero-order valence-electron chi connectivity index (χ0n) is 12.7. The third-order valence-electron chi connectivity index (χ3n) is 2.27. The SMILES string of the molecule is C/C(=C/C(=O)C(F)(F)F)[N-]CC(C)[N-]/C(C)=C\C(=O)C(F)(F)F.[Cu+2]. The molecule has 0 saturated heterocycles. The second-order valence-electron chi connectivity index (χ2n) is 4.61. The molecule has 1 radical (unpaired) electrons. The third-order valence-corrected chi connectivity index (χ3v) is 2.27. The van der Waals surface area contributed by atoms with Gasteiger partial charge in [0.15, 0.2) is 0 Å². The molecule has 0 aliphatic rings. The molecule has 1 atom stereocenters. The Balaban J connectivity index is 0. The van der Waals surface area contributed by atoms with E-state index < -0.39 is 30.0 Å². The van der Waals surface area contributed by atoms with Crippen LogP contribution in [-0.4, -0.2) is 36.5 Å². The topological polar surface area (TPSA) is 62.3 Å². The van der Waals surface area contributed by atoms with Crippen molar-refractivity contribution in [2.75, 3.05) is 6.54 Å². The van der Waals surface area contributed by atoms with Crippen LogP contribution in [0.15, 0.2) is 23.5 Å². The van der Waals surface area contributed by atoms with E-state index in [4.69, 9.17) is 0 Å². The molecule has 0 aromatic rings. The third kappa shape index (κ3) is 10.3. The van der Waals surface area contributed by atoms with E-state index in [1.807, 2.05) is 0 Å². The van der Waals surface area contributed by atoms with Crippen LogP contribution in [0.25, 0.3) is 10.6 Å². The monoisotopic (exact) mass is 407 g/mol. The molecular weight excluding hydrogens is 394 g/mol. The van der Waals surface area contributed by atoms with Crippen LogP contribution in [0.1, 0.15) is 20.8 Å². The average molecular weight is 408 g/mol. The van der Waals surface area contributed by atoms with Crippen molar-refractivity contribution < 1.29 is 53.0 Å². The molecule has 0 spiro atoms. The molecule has 0 rings (SSSR count). The van der Waals surface area contributed by atoms with Crippen molar-refractivity contribution in [3.05, 3.63) is 34.2 Å². The predicted octanol–water partition coefficient (Wildman–Crippen LogP) is 4.19. The molecule has 0 fully saturated rings. The summed E-state index contributed by atoms with van der Waals surface area (Å²) in [5.41, 5.74) is -0.384. The summed E-state index contributed by atoms with van der Waals surface area (Å²) in [5, 5.41) is 7.41. The molecule has 0 saturated carbocycles. The number of allylic oxidation sites excluding steroid dienone is 4. The van der Waals surface area contributed by atoms with E-state index in [2.05, 4.69) is 10.6 Å². The minimum atomic E-state index is -5.00. The Labute approximate surface area is 145 Å². The van der Waals surface area contributed by atoms with Crippen molar-refractivity contribution in [3.63, 3.8) is 0 Å². The van der Waals surface area contributed by atoms with E-state index in [0.29, 0.717) is 12.2 Å². The Morgan fingerprint density at radius 2 is 1.29 bits per heavy atom. The molecule has 141 valence electrons. The molecule has 4 nitrogen and oxygen atoms in total. The molecule has 1 unspecified atom stereocenters. The van der Waals surface area contributed by atoms with Crippen LogP contribution in [0.4, 0.5) is 26.3 Å². The Bertz CT molecular complexity index is 512. The summed E-state index contributed by atoms with van der Waals surface area (Å²) in [4.78, 5) is 21.4. The predicted molar refractivity (Wildman–Crippen MR) is 70.7 cm³/mol. The van der Waals surface area contributed by atoms with Gasteiger partial charge in [-0.2, -0.15) is 37.7 Å². The first-order chi connectivity index (χ1) is 10.2. The molecule has 0 bridgehead atoms. The van der Waals surface area contributed by atoms with Gasteiger partial charge in [0.1, 0.15) is 0 Å². The normalized spacial score (nSPS) is 14.5. The van der Waals surface area contributed by atoms with Gasteiger partial charge in [0.2, 0.25) is 0 Å². The number of carbonyl (C=O) groups excluding carboxylic acids is 2. The molecule has 0 aliphatic heterocycles. The van der Waals surface area contributed by atoms with Gasteiger partial charge in [-0.3, -0.25) is 9.59 Å². The number of nitrogens with zero attached hydrogens (tertiary/aromatic N) is 2. The zero-order valence-corrected chi connectivity index (χ0v) is 13.7. The maximum atomic E-state index is 12.0. The molecule has 0 aliphatic carbocycles. The smallest absolute Gasteiger partial charge is 0.689 e. The van der Waals surface area contributed by atoms with E-state index in [0.717, 1.165) is 0 Å². The maximum Gasteiger partial charge on any atom is 2.00 e. The minimum Gasteiger partial charge on any atom is -0.689 e. The van der Waals surface area contributed by atoms with Crippen molar-refractivity contribution in [3.8, 4) is 0 Å². The number of ketones is 2. The van der Waals surface area contributed by atoms with Crippen LogP contribution in [0.5, 0.6) is 0 Å². The van der Waals surface area contributed by atoms with Gasteiger partial charge in [-0.1, -0.05) is 20.8 Å². The van der Waals surface area contributed by atoms with Gasteiger partial charge in [0.25, 0.3) is 11.6 Å².